The van der Waals surface area contributed by atoms with Crippen LogP contribution in [0, 0.1) is 10.1 Å². The summed E-state index contributed by atoms with van der Waals surface area (Å²) < 4.78 is 27.9. The quantitative estimate of drug-likeness (QED) is 0.456. The van der Waals surface area contributed by atoms with Gasteiger partial charge >= 0.3 is 5.97 Å². The smallest absolute Gasteiger partial charge is 0.339 e. The number of carbonyl (C=O) groups excluding carboxylic acids is 2. The molecular formula is C13H16N2O7S. The molecule has 0 spiro atoms. The maximum atomic E-state index is 11.9. The second-order valence-electron chi connectivity index (χ2n) is 4.65. The molecule has 1 rings (SSSR count). The Hall–Kier alpha value is -2.49. The van der Waals surface area contributed by atoms with Crippen molar-refractivity contribution in [3.8, 4) is 0 Å². The first-order chi connectivity index (χ1) is 10.6. The zero-order chi connectivity index (χ0) is 17.8. The number of hydrogen-bond acceptors (Lipinski definition) is 7. The lowest BCUT2D eigenvalue weighted by Gasteiger charge is -2.12. The molecule has 1 amide bonds. The van der Waals surface area contributed by atoms with Gasteiger partial charge in [0.25, 0.3) is 11.6 Å². The van der Waals surface area contributed by atoms with Crippen LogP contribution < -0.4 is 5.32 Å². The number of nitrogens with one attached hydrogen (secondary N) is 1. The standard InChI is InChI=1S/C13H16N2O7S/c1-4-14-12(16)8(2)22-13(17)9-5-6-11(23(3,20)21)10(7-9)15(18)19/h5-8H,4H2,1-3H3,(H,14,16)/t8-/m1/s1. The van der Waals surface area contributed by atoms with Gasteiger partial charge in [-0.15, -0.1) is 0 Å². The molecule has 0 fully saturated rings. The number of nitro groups is 1. The largest absolute Gasteiger partial charge is 0.449 e. The van der Waals surface area contributed by atoms with Crippen LogP contribution in [0.1, 0.15) is 24.2 Å². The Labute approximate surface area is 132 Å². The molecule has 0 aliphatic carbocycles. The van der Waals surface area contributed by atoms with Crippen molar-refractivity contribution in [2.45, 2.75) is 24.8 Å². The summed E-state index contributed by atoms with van der Waals surface area (Å²) >= 11 is 0. The second-order valence-corrected chi connectivity index (χ2v) is 6.64. The Morgan fingerprint density at radius 2 is 2.00 bits per heavy atom. The molecule has 0 aliphatic heterocycles. The topological polar surface area (TPSA) is 133 Å². The number of rotatable bonds is 6. The molecule has 1 aromatic rings. The van der Waals surface area contributed by atoms with Gasteiger partial charge in [-0.2, -0.15) is 0 Å². The average molecular weight is 344 g/mol. The number of amides is 1. The minimum absolute atomic E-state index is 0.222. The highest BCUT2D eigenvalue weighted by Gasteiger charge is 2.25. The third-order valence-corrected chi connectivity index (χ3v) is 3.94. The van der Waals surface area contributed by atoms with E-state index in [9.17, 15) is 28.1 Å². The minimum Gasteiger partial charge on any atom is -0.449 e. The summed E-state index contributed by atoms with van der Waals surface area (Å²) in [5.41, 5.74) is -0.951. The summed E-state index contributed by atoms with van der Waals surface area (Å²) in [6, 6.07) is 2.86. The first kappa shape index (κ1) is 18.6. The molecule has 10 heteroatoms. The van der Waals surface area contributed by atoms with Gasteiger partial charge in [0.2, 0.25) is 0 Å². The lowest BCUT2D eigenvalue weighted by Crippen LogP contribution is -2.35. The number of likely N-dealkylation sites (N-methyl/N-ethyl adjacent to an activating group) is 1. The molecule has 0 bridgehead atoms. The van der Waals surface area contributed by atoms with E-state index in [1.54, 1.807) is 6.92 Å². The lowest BCUT2D eigenvalue weighted by atomic mass is 10.2. The van der Waals surface area contributed by atoms with Crippen LogP contribution in [0.2, 0.25) is 0 Å². The molecule has 0 aliphatic rings. The van der Waals surface area contributed by atoms with Crippen molar-refractivity contribution < 1.29 is 27.7 Å². The molecule has 1 aromatic carbocycles. The zero-order valence-corrected chi connectivity index (χ0v) is 13.5. The number of nitro benzene ring substituents is 1. The summed E-state index contributed by atoms with van der Waals surface area (Å²) in [6.45, 7) is 3.40. The van der Waals surface area contributed by atoms with E-state index >= 15 is 0 Å². The van der Waals surface area contributed by atoms with Crippen LogP contribution in [-0.4, -0.2) is 44.1 Å². The average Bonchev–Trinajstić information content (AvgIpc) is 2.45. The Balaban J connectivity index is 3.10. The van der Waals surface area contributed by atoms with E-state index in [1.165, 1.54) is 6.92 Å². The van der Waals surface area contributed by atoms with Crippen LogP contribution in [0.5, 0.6) is 0 Å². The molecule has 1 N–H and O–H groups in total. The lowest BCUT2D eigenvalue weighted by molar-refractivity contribution is -0.387. The number of benzene rings is 1. The maximum absolute atomic E-state index is 11.9. The monoisotopic (exact) mass is 344 g/mol. The normalized spacial score (nSPS) is 12.3. The molecule has 0 radical (unpaired) electrons. The van der Waals surface area contributed by atoms with Crippen LogP contribution in [0.25, 0.3) is 0 Å². The van der Waals surface area contributed by atoms with Gasteiger partial charge in [0.1, 0.15) is 4.90 Å². The first-order valence-corrected chi connectivity index (χ1v) is 8.44. The molecule has 0 aromatic heterocycles. The summed E-state index contributed by atoms with van der Waals surface area (Å²) in [5.74, 6) is -1.48. The summed E-state index contributed by atoms with van der Waals surface area (Å²) in [6.07, 6.45) is -0.263. The van der Waals surface area contributed by atoms with Crippen LogP contribution in [-0.2, 0) is 19.4 Å². The van der Waals surface area contributed by atoms with Crippen LogP contribution in [0.15, 0.2) is 23.1 Å². The fourth-order valence-electron chi connectivity index (χ4n) is 1.70. The van der Waals surface area contributed by atoms with E-state index in [0.29, 0.717) is 6.54 Å². The van der Waals surface area contributed by atoms with Crippen LogP contribution in [0.4, 0.5) is 5.69 Å². The Morgan fingerprint density at radius 3 is 2.48 bits per heavy atom. The highest BCUT2D eigenvalue weighted by Crippen LogP contribution is 2.25. The molecule has 1 atom stereocenters. The fourth-order valence-corrected chi connectivity index (χ4v) is 2.53. The Bertz CT molecular complexity index is 743. The number of esters is 1. The van der Waals surface area contributed by atoms with Gasteiger partial charge in [-0.3, -0.25) is 14.9 Å². The fraction of sp³-hybridized carbons (Fsp3) is 0.385. The van der Waals surface area contributed by atoms with E-state index in [-0.39, 0.29) is 5.56 Å². The van der Waals surface area contributed by atoms with Gasteiger partial charge in [0, 0.05) is 18.9 Å². The van der Waals surface area contributed by atoms with Crippen molar-refractivity contribution in [3.63, 3.8) is 0 Å². The van der Waals surface area contributed by atoms with Crippen molar-refractivity contribution >= 4 is 27.4 Å². The molecule has 0 heterocycles. The van der Waals surface area contributed by atoms with Gasteiger partial charge < -0.3 is 10.1 Å². The van der Waals surface area contributed by atoms with Gasteiger partial charge in [-0.05, 0) is 26.0 Å². The third-order valence-electron chi connectivity index (χ3n) is 2.79. The van der Waals surface area contributed by atoms with Crippen molar-refractivity contribution in [2.75, 3.05) is 12.8 Å². The predicted molar refractivity (Wildman–Crippen MR) is 79.8 cm³/mol. The molecule has 23 heavy (non-hydrogen) atoms. The predicted octanol–water partition coefficient (Wildman–Crippen LogP) is 0.680. The number of hydrogen-bond donors (Lipinski definition) is 1. The van der Waals surface area contributed by atoms with Crippen molar-refractivity contribution in [2.24, 2.45) is 0 Å². The maximum Gasteiger partial charge on any atom is 0.339 e. The highest BCUT2D eigenvalue weighted by molar-refractivity contribution is 7.90. The number of carbonyl (C=O) groups is 2. The number of sulfone groups is 1. The third kappa shape index (κ3) is 4.74. The van der Waals surface area contributed by atoms with E-state index in [1.807, 2.05) is 0 Å². The number of ether oxygens (including phenoxy) is 1. The van der Waals surface area contributed by atoms with Crippen molar-refractivity contribution in [1.29, 1.82) is 0 Å². The van der Waals surface area contributed by atoms with E-state index in [4.69, 9.17) is 4.74 Å². The molecule has 9 nitrogen and oxygen atoms in total. The number of nitrogens with zero attached hydrogens (tertiary/aromatic N) is 1. The van der Waals surface area contributed by atoms with Crippen LogP contribution in [0.3, 0.4) is 0 Å². The van der Waals surface area contributed by atoms with Gasteiger partial charge in [-0.1, -0.05) is 0 Å². The molecule has 126 valence electrons. The second kappa shape index (κ2) is 7.18. The van der Waals surface area contributed by atoms with Gasteiger partial charge in [-0.25, -0.2) is 13.2 Å². The van der Waals surface area contributed by atoms with E-state index in [2.05, 4.69) is 5.32 Å². The SMILES string of the molecule is CCNC(=O)[C@@H](C)OC(=O)c1ccc(S(C)(=O)=O)c([N+](=O)[O-])c1. The van der Waals surface area contributed by atoms with E-state index < -0.39 is 43.3 Å². The van der Waals surface area contributed by atoms with Crippen LogP contribution >= 0.6 is 0 Å². The summed E-state index contributed by atoms with van der Waals surface area (Å²) in [5, 5.41) is 13.4. The van der Waals surface area contributed by atoms with Gasteiger partial charge in [0.15, 0.2) is 15.9 Å². The zero-order valence-electron chi connectivity index (χ0n) is 12.7. The summed E-state index contributed by atoms with van der Waals surface area (Å²) in [4.78, 5) is 33.0. The summed E-state index contributed by atoms with van der Waals surface area (Å²) in [7, 11) is -3.82. The molecular weight excluding hydrogens is 328 g/mol. The first-order valence-electron chi connectivity index (χ1n) is 6.55. The minimum atomic E-state index is -3.82. The molecule has 0 unspecified atom stereocenters. The van der Waals surface area contributed by atoms with E-state index in [0.717, 1.165) is 24.5 Å². The molecule has 0 saturated heterocycles. The Morgan fingerprint density at radius 1 is 1.39 bits per heavy atom. The van der Waals surface area contributed by atoms with Gasteiger partial charge in [0.05, 0.1) is 10.5 Å². The molecule has 0 saturated carbocycles. The van der Waals surface area contributed by atoms with Crippen molar-refractivity contribution in [3.05, 3.63) is 33.9 Å². The highest BCUT2D eigenvalue weighted by atomic mass is 32.2. The van der Waals surface area contributed by atoms with Crippen molar-refractivity contribution in [1.82, 2.24) is 5.32 Å². The Kier molecular flexibility index (Phi) is 5.79.